The van der Waals surface area contributed by atoms with Gasteiger partial charge < -0.3 is 9.84 Å². The number of amides is 1. The summed E-state index contributed by atoms with van der Waals surface area (Å²) in [6, 6.07) is 12.7. The van der Waals surface area contributed by atoms with Gasteiger partial charge in [0.1, 0.15) is 11.4 Å². The molecule has 0 spiro atoms. The van der Waals surface area contributed by atoms with Gasteiger partial charge in [-0.3, -0.25) is 15.1 Å². The minimum absolute atomic E-state index is 0.249. The van der Waals surface area contributed by atoms with Gasteiger partial charge in [0.15, 0.2) is 17.9 Å². The summed E-state index contributed by atoms with van der Waals surface area (Å²) in [4.78, 5) is 29.2. The maximum atomic E-state index is 13.2. The van der Waals surface area contributed by atoms with Crippen molar-refractivity contribution in [1.29, 1.82) is 0 Å². The Balaban J connectivity index is 1.76. The second kappa shape index (κ2) is 11.1. The highest BCUT2D eigenvalue weighted by Crippen LogP contribution is 2.37. The molecule has 0 bridgehead atoms. The fourth-order valence-electron chi connectivity index (χ4n) is 3.78. The molecule has 34 heavy (non-hydrogen) atoms. The lowest BCUT2D eigenvalue weighted by Crippen LogP contribution is -2.50. The second-order valence-corrected chi connectivity index (χ2v) is 9.85. The highest BCUT2D eigenvalue weighted by molar-refractivity contribution is 9.10. The van der Waals surface area contributed by atoms with Crippen LogP contribution in [0.3, 0.4) is 0 Å². The molecule has 2 aliphatic heterocycles. The van der Waals surface area contributed by atoms with Gasteiger partial charge in [0.25, 0.3) is 5.91 Å². The summed E-state index contributed by atoms with van der Waals surface area (Å²) in [5, 5.41) is 20.3. The molecule has 2 heterocycles. The van der Waals surface area contributed by atoms with Crippen molar-refractivity contribution in [3.05, 3.63) is 63.1 Å². The number of thioether (sulfide) groups is 1. The molecule has 8 nitrogen and oxygen atoms in total. The number of carbonyl (C=O) groups excluding carboxylic acids is 1. The van der Waals surface area contributed by atoms with Crippen molar-refractivity contribution >= 4 is 50.4 Å². The number of hydrogen-bond acceptors (Lipinski definition) is 7. The van der Waals surface area contributed by atoms with Gasteiger partial charge in [-0.2, -0.15) is 0 Å². The number of carboxylic acids is 1. The number of carbonyl (C=O) groups is 2. The molecule has 0 aliphatic carbocycles. The molecule has 4 rings (SSSR count). The molecule has 1 atom stereocenters. The molecular weight excluding hydrogens is 520 g/mol. The third-order valence-electron chi connectivity index (χ3n) is 5.35. The number of fused-ring (bicyclic) bond motifs is 2. The molecule has 2 aromatic carbocycles. The van der Waals surface area contributed by atoms with E-state index < -0.39 is 18.7 Å². The Hall–Kier alpha value is -2.85. The van der Waals surface area contributed by atoms with E-state index >= 15 is 0 Å². The molecule has 0 aromatic heterocycles. The molecule has 0 fully saturated rings. The number of rotatable bonds is 9. The monoisotopic (exact) mass is 544 g/mol. The van der Waals surface area contributed by atoms with Crippen LogP contribution >= 0.6 is 27.7 Å². The highest BCUT2D eigenvalue weighted by Gasteiger charge is 2.35. The lowest BCUT2D eigenvalue weighted by Gasteiger charge is -2.34. The van der Waals surface area contributed by atoms with Crippen LogP contribution in [0.4, 0.5) is 0 Å². The number of nitrogens with one attached hydrogen (secondary N) is 1. The zero-order valence-electron chi connectivity index (χ0n) is 18.7. The van der Waals surface area contributed by atoms with Gasteiger partial charge in [-0.1, -0.05) is 72.1 Å². The zero-order valence-corrected chi connectivity index (χ0v) is 21.1. The Labute approximate surface area is 209 Å². The number of carboxylic acid groups (broad SMARTS) is 1. The Morgan fingerprint density at radius 1 is 1.24 bits per heavy atom. The third kappa shape index (κ3) is 5.44. The van der Waals surface area contributed by atoms with Crippen LogP contribution in [-0.2, 0) is 9.59 Å². The summed E-state index contributed by atoms with van der Waals surface area (Å²) in [5.41, 5.74) is 1.00. The van der Waals surface area contributed by atoms with Crippen molar-refractivity contribution in [3.8, 4) is 5.75 Å². The normalized spacial score (nSPS) is 16.7. The zero-order chi connectivity index (χ0) is 24.1. The first-order valence-electron chi connectivity index (χ1n) is 11.1. The summed E-state index contributed by atoms with van der Waals surface area (Å²) < 4.78 is 6.33. The summed E-state index contributed by atoms with van der Waals surface area (Å²) in [7, 11) is 0. The van der Waals surface area contributed by atoms with E-state index in [2.05, 4.69) is 28.2 Å². The molecule has 0 saturated heterocycles. The lowest BCUT2D eigenvalue weighted by molar-refractivity contribution is -0.139. The summed E-state index contributed by atoms with van der Waals surface area (Å²) in [6.07, 6.45) is 3.82. The van der Waals surface area contributed by atoms with Gasteiger partial charge >= 0.3 is 5.97 Å². The largest absolute Gasteiger partial charge is 0.481 e. The van der Waals surface area contributed by atoms with E-state index in [1.807, 2.05) is 30.3 Å². The number of aliphatic carboxylic acids is 1. The molecule has 0 radical (unpaired) electrons. The van der Waals surface area contributed by atoms with Crippen LogP contribution in [0, 0.1) is 0 Å². The van der Waals surface area contributed by atoms with Crippen LogP contribution in [0.5, 0.6) is 5.75 Å². The van der Waals surface area contributed by atoms with E-state index in [4.69, 9.17) is 19.9 Å². The van der Waals surface area contributed by atoms with Crippen LogP contribution in [-0.4, -0.2) is 39.5 Å². The van der Waals surface area contributed by atoms with Gasteiger partial charge in [-0.15, -0.1) is 5.10 Å². The van der Waals surface area contributed by atoms with Gasteiger partial charge in [-0.25, -0.2) is 9.80 Å². The van der Waals surface area contributed by atoms with Gasteiger partial charge in [0.05, 0.1) is 5.36 Å². The number of unbranched alkanes of at least 4 members (excludes halogenated alkanes) is 3. The molecule has 1 unspecified atom stereocenters. The summed E-state index contributed by atoms with van der Waals surface area (Å²) in [5.74, 6) is -0.108. The molecular formula is C24H25BrN4O4S. The molecule has 2 aromatic rings. The topological polar surface area (TPSA) is 104 Å². The van der Waals surface area contributed by atoms with E-state index in [0.717, 1.165) is 29.5 Å². The number of halogens is 1. The lowest BCUT2D eigenvalue weighted by atomic mass is 10.1. The predicted octanol–water partition coefficient (Wildman–Crippen LogP) is 3.37. The maximum absolute atomic E-state index is 13.2. The van der Waals surface area contributed by atoms with E-state index in [0.29, 0.717) is 32.8 Å². The van der Waals surface area contributed by atoms with E-state index in [1.165, 1.54) is 18.2 Å². The molecule has 0 saturated carbocycles. The van der Waals surface area contributed by atoms with Crippen molar-refractivity contribution in [2.24, 2.45) is 10.1 Å². The average Bonchev–Trinajstić information content (AvgIpc) is 2.82. The van der Waals surface area contributed by atoms with E-state index in [9.17, 15) is 9.59 Å². The fraction of sp³-hybridized carbons (Fsp3) is 0.333. The second-order valence-electron chi connectivity index (χ2n) is 7.85. The van der Waals surface area contributed by atoms with Gasteiger partial charge in [-0.05, 0) is 30.7 Å². The van der Waals surface area contributed by atoms with Gasteiger partial charge in [0.2, 0.25) is 0 Å². The Morgan fingerprint density at radius 3 is 2.85 bits per heavy atom. The standard InChI is InChI=1S/C24H25BrN4O4S/c1-2-3-4-7-12-34-24-27-23(32)21-16-8-5-6-9-18(16)26-22(29(21)28-24)17-13-15(25)10-11-19(17)33-14-20(30)31/h5-6,8-11,13,22H,2-4,7,12,14H2,1H3,(H,30,31)(H,27,28,32). The number of para-hydroxylation sites is 1. The minimum atomic E-state index is -1.08. The van der Waals surface area contributed by atoms with Gasteiger partial charge in [0, 0.05) is 21.0 Å². The highest BCUT2D eigenvalue weighted by atomic mass is 79.9. The van der Waals surface area contributed by atoms with Crippen LogP contribution in [0.15, 0.2) is 57.0 Å². The van der Waals surface area contributed by atoms with Crippen LogP contribution < -0.4 is 20.6 Å². The molecule has 178 valence electrons. The number of ether oxygens (including phenoxy) is 1. The molecule has 1 amide bonds. The Kier molecular flexibility index (Phi) is 7.89. The quantitative estimate of drug-likeness (QED) is 0.469. The Morgan fingerprint density at radius 2 is 2.06 bits per heavy atom. The third-order valence-corrected chi connectivity index (χ3v) is 6.80. The summed E-state index contributed by atoms with van der Waals surface area (Å²) >= 11 is 4.99. The average molecular weight is 545 g/mol. The minimum Gasteiger partial charge on any atom is -0.481 e. The predicted molar refractivity (Wildman–Crippen MR) is 135 cm³/mol. The SMILES string of the molecule is CCCCCCSC1=NN2C(=c3ccccc3=NC2c2cc(Br)ccc2OCC(=O)O)C(=O)N1. The van der Waals surface area contributed by atoms with Crippen molar-refractivity contribution in [3.63, 3.8) is 0 Å². The van der Waals surface area contributed by atoms with E-state index in [1.54, 1.807) is 17.1 Å². The maximum Gasteiger partial charge on any atom is 0.341 e. The molecule has 10 heteroatoms. The fourth-order valence-corrected chi connectivity index (χ4v) is 5.02. The summed E-state index contributed by atoms with van der Waals surface area (Å²) in [6.45, 7) is 1.68. The number of amidine groups is 1. The first-order chi connectivity index (χ1) is 16.5. The van der Waals surface area contributed by atoms with Crippen molar-refractivity contribution in [2.75, 3.05) is 12.4 Å². The van der Waals surface area contributed by atoms with E-state index in [-0.39, 0.29) is 5.91 Å². The first-order valence-corrected chi connectivity index (χ1v) is 12.9. The van der Waals surface area contributed by atoms with Crippen molar-refractivity contribution < 1.29 is 19.4 Å². The van der Waals surface area contributed by atoms with Crippen molar-refractivity contribution in [1.82, 2.24) is 10.3 Å². The first kappa shape index (κ1) is 24.3. The number of benzene rings is 2. The molecule has 2 aliphatic rings. The number of nitrogens with zero attached hydrogens (tertiary/aromatic N) is 3. The van der Waals surface area contributed by atoms with Crippen LogP contribution in [0.2, 0.25) is 0 Å². The smallest absolute Gasteiger partial charge is 0.341 e. The van der Waals surface area contributed by atoms with Crippen molar-refractivity contribution in [2.45, 2.75) is 38.8 Å². The van der Waals surface area contributed by atoms with Crippen LogP contribution in [0.1, 0.15) is 44.3 Å². The van der Waals surface area contributed by atoms with Crippen LogP contribution in [0.25, 0.3) is 5.70 Å². The Bertz CT molecular complexity index is 1250. The molecule has 2 N–H and O–H groups in total. The number of hydrazone groups is 1. The number of hydrogen-bond donors (Lipinski definition) is 2.